The molecule has 132 valence electrons. The number of nitrogens with zero attached hydrogens (tertiary/aromatic N) is 3. The summed E-state index contributed by atoms with van der Waals surface area (Å²) in [6.45, 7) is 6.62. The number of amides is 2. The topological polar surface area (TPSA) is 75.2 Å². The molecule has 0 radical (unpaired) electrons. The number of hydrogen-bond acceptors (Lipinski definition) is 5. The molecule has 0 unspecified atom stereocenters. The molecular weight excluding hydrogens is 336 g/mol. The molecule has 1 N–H and O–H groups in total. The molecule has 1 aromatic heterocycles. The fourth-order valence-electron chi connectivity index (χ4n) is 3.09. The lowest BCUT2D eigenvalue weighted by atomic mass is 10.1. The van der Waals surface area contributed by atoms with E-state index in [1.807, 2.05) is 37.8 Å². The van der Waals surface area contributed by atoms with Crippen LogP contribution >= 0.6 is 11.3 Å². The highest BCUT2D eigenvalue weighted by Crippen LogP contribution is 2.34. The van der Waals surface area contributed by atoms with Crippen LogP contribution in [0.4, 0.5) is 10.8 Å². The molecule has 0 aliphatic carbocycles. The van der Waals surface area contributed by atoms with Gasteiger partial charge in [-0.3, -0.25) is 9.59 Å². The summed E-state index contributed by atoms with van der Waals surface area (Å²) in [5, 5.41) is 12.3. The molecule has 1 aliphatic heterocycles. The minimum atomic E-state index is -0.0513. The normalized spacial score (nSPS) is 17.2. The van der Waals surface area contributed by atoms with E-state index >= 15 is 0 Å². The summed E-state index contributed by atoms with van der Waals surface area (Å²) < 4.78 is 0. The van der Waals surface area contributed by atoms with Gasteiger partial charge in [0.2, 0.25) is 16.9 Å². The summed E-state index contributed by atoms with van der Waals surface area (Å²) in [6, 6.07) is 6.16. The van der Waals surface area contributed by atoms with Crippen LogP contribution in [-0.4, -0.2) is 28.6 Å². The number of aromatic nitrogens is 2. The summed E-state index contributed by atoms with van der Waals surface area (Å²) in [6.07, 6.45) is 1.68. The van der Waals surface area contributed by atoms with Crippen molar-refractivity contribution in [3.05, 3.63) is 34.3 Å². The second-order valence-electron chi connectivity index (χ2n) is 6.49. The molecule has 1 fully saturated rings. The van der Waals surface area contributed by atoms with E-state index in [1.54, 1.807) is 0 Å². The molecule has 1 aromatic carbocycles. The van der Waals surface area contributed by atoms with Crippen LogP contribution in [0.25, 0.3) is 0 Å². The van der Waals surface area contributed by atoms with Gasteiger partial charge in [-0.1, -0.05) is 24.3 Å². The standard InChI is InChI=1S/C18H22N4O2S/c1-4-5-15(23)19-18-21-20-17(25-18)13-9-16(24)22(10-13)14-7-11(2)6-12(3)8-14/h6-8,13H,4-5,9-10H2,1-3H3,(H,19,21,23)/t13-/m1/s1. The lowest BCUT2D eigenvalue weighted by molar-refractivity contribution is -0.117. The Morgan fingerprint density at radius 2 is 2.00 bits per heavy atom. The van der Waals surface area contributed by atoms with Gasteiger partial charge in [-0.05, 0) is 43.5 Å². The smallest absolute Gasteiger partial charge is 0.227 e. The van der Waals surface area contributed by atoms with Crippen LogP contribution < -0.4 is 10.2 Å². The van der Waals surface area contributed by atoms with Gasteiger partial charge < -0.3 is 10.2 Å². The third-order valence-corrected chi connectivity index (χ3v) is 5.16. The van der Waals surface area contributed by atoms with Crippen LogP contribution in [0.2, 0.25) is 0 Å². The maximum atomic E-state index is 12.5. The molecule has 0 saturated carbocycles. The van der Waals surface area contributed by atoms with Crippen LogP contribution in [0.3, 0.4) is 0 Å². The van der Waals surface area contributed by atoms with Crippen LogP contribution in [0.15, 0.2) is 18.2 Å². The SMILES string of the molecule is CCCC(=O)Nc1nnc([C@@H]2CC(=O)N(c3cc(C)cc(C)c3)C2)s1. The van der Waals surface area contributed by atoms with Gasteiger partial charge in [0, 0.05) is 31.0 Å². The number of nitrogens with one attached hydrogen (secondary N) is 1. The van der Waals surface area contributed by atoms with Crippen molar-refractivity contribution >= 4 is 34.0 Å². The summed E-state index contributed by atoms with van der Waals surface area (Å²) >= 11 is 1.36. The van der Waals surface area contributed by atoms with Crippen molar-refractivity contribution in [2.45, 2.75) is 46.0 Å². The zero-order chi connectivity index (χ0) is 18.0. The summed E-state index contributed by atoms with van der Waals surface area (Å²) in [7, 11) is 0. The first kappa shape index (κ1) is 17.5. The van der Waals surface area contributed by atoms with Crippen molar-refractivity contribution in [1.29, 1.82) is 0 Å². The quantitative estimate of drug-likeness (QED) is 0.889. The Labute approximate surface area is 151 Å². The highest BCUT2D eigenvalue weighted by Gasteiger charge is 2.34. The van der Waals surface area contributed by atoms with Crippen molar-refractivity contribution in [3.8, 4) is 0 Å². The number of aryl methyl sites for hydroxylation is 2. The van der Waals surface area contributed by atoms with Gasteiger partial charge in [0.05, 0.1) is 0 Å². The van der Waals surface area contributed by atoms with Gasteiger partial charge in [-0.25, -0.2) is 0 Å². The third kappa shape index (κ3) is 4.04. The number of carbonyl (C=O) groups excluding carboxylic acids is 2. The van der Waals surface area contributed by atoms with E-state index in [0.717, 1.165) is 28.2 Å². The van der Waals surface area contributed by atoms with Crippen molar-refractivity contribution in [1.82, 2.24) is 10.2 Å². The van der Waals surface area contributed by atoms with Gasteiger partial charge in [-0.15, -0.1) is 10.2 Å². The zero-order valence-electron chi connectivity index (χ0n) is 14.7. The predicted molar refractivity (Wildman–Crippen MR) is 99.1 cm³/mol. The van der Waals surface area contributed by atoms with E-state index in [9.17, 15) is 9.59 Å². The largest absolute Gasteiger partial charge is 0.312 e. The Hall–Kier alpha value is -2.28. The first-order valence-electron chi connectivity index (χ1n) is 8.48. The number of anilines is 2. The molecule has 1 atom stereocenters. The van der Waals surface area contributed by atoms with Crippen molar-refractivity contribution in [3.63, 3.8) is 0 Å². The molecule has 1 aliphatic rings. The minimum absolute atomic E-state index is 0.0163. The molecule has 6 nitrogen and oxygen atoms in total. The van der Waals surface area contributed by atoms with Crippen molar-refractivity contribution in [2.24, 2.45) is 0 Å². The monoisotopic (exact) mass is 358 g/mol. The van der Waals surface area contributed by atoms with E-state index in [2.05, 4.69) is 21.6 Å². The molecule has 2 heterocycles. The van der Waals surface area contributed by atoms with E-state index < -0.39 is 0 Å². The predicted octanol–water partition coefficient (Wildman–Crippen LogP) is 3.41. The van der Waals surface area contributed by atoms with E-state index in [4.69, 9.17) is 0 Å². The second-order valence-corrected chi connectivity index (χ2v) is 7.50. The fraction of sp³-hybridized carbons (Fsp3) is 0.444. The average Bonchev–Trinajstić information content (AvgIpc) is 3.13. The number of benzene rings is 1. The minimum Gasteiger partial charge on any atom is -0.312 e. The molecule has 1 saturated heterocycles. The fourth-order valence-corrected chi connectivity index (χ4v) is 3.94. The average molecular weight is 358 g/mol. The van der Waals surface area contributed by atoms with E-state index in [1.165, 1.54) is 11.3 Å². The van der Waals surface area contributed by atoms with Gasteiger partial charge in [0.15, 0.2) is 0 Å². The van der Waals surface area contributed by atoms with Gasteiger partial charge in [0.1, 0.15) is 5.01 Å². The highest BCUT2D eigenvalue weighted by molar-refractivity contribution is 7.15. The van der Waals surface area contributed by atoms with Crippen LogP contribution in [0.1, 0.15) is 48.2 Å². The Morgan fingerprint density at radius 1 is 1.28 bits per heavy atom. The van der Waals surface area contributed by atoms with Gasteiger partial charge >= 0.3 is 0 Å². The van der Waals surface area contributed by atoms with Crippen LogP contribution in [0, 0.1) is 13.8 Å². The van der Waals surface area contributed by atoms with Gasteiger partial charge in [-0.2, -0.15) is 0 Å². The molecule has 0 bridgehead atoms. The molecule has 7 heteroatoms. The highest BCUT2D eigenvalue weighted by atomic mass is 32.1. The summed E-state index contributed by atoms with van der Waals surface area (Å²) in [5.41, 5.74) is 3.22. The van der Waals surface area contributed by atoms with E-state index in [-0.39, 0.29) is 17.7 Å². The van der Waals surface area contributed by atoms with Crippen molar-refractivity contribution in [2.75, 3.05) is 16.8 Å². The molecule has 0 spiro atoms. The van der Waals surface area contributed by atoms with Crippen LogP contribution in [0.5, 0.6) is 0 Å². The molecular formula is C18H22N4O2S. The Kier molecular flexibility index (Phi) is 5.13. The third-order valence-electron chi connectivity index (χ3n) is 4.16. The molecule has 25 heavy (non-hydrogen) atoms. The molecule has 2 amide bonds. The lowest BCUT2D eigenvalue weighted by Crippen LogP contribution is -2.24. The van der Waals surface area contributed by atoms with Gasteiger partial charge in [0.25, 0.3) is 0 Å². The molecule has 3 rings (SSSR count). The van der Waals surface area contributed by atoms with Crippen LogP contribution in [-0.2, 0) is 9.59 Å². The maximum Gasteiger partial charge on any atom is 0.227 e. The number of carbonyl (C=O) groups is 2. The first-order chi connectivity index (χ1) is 12.0. The second kappa shape index (κ2) is 7.31. The summed E-state index contributed by atoms with van der Waals surface area (Å²) in [4.78, 5) is 25.9. The Balaban J connectivity index is 1.72. The Bertz CT molecular complexity index is 782. The lowest BCUT2D eigenvalue weighted by Gasteiger charge is -2.17. The van der Waals surface area contributed by atoms with Crippen molar-refractivity contribution < 1.29 is 9.59 Å². The number of hydrogen-bond donors (Lipinski definition) is 1. The summed E-state index contributed by atoms with van der Waals surface area (Å²) in [5.74, 6) is 0.0639. The zero-order valence-corrected chi connectivity index (χ0v) is 15.5. The number of rotatable bonds is 5. The molecule has 2 aromatic rings. The van der Waals surface area contributed by atoms with E-state index in [0.29, 0.717) is 24.5 Å². The Morgan fingerprint density at radius 3 is 2.68 bits per heavy atom. The first-order valence-corrected chi connectivity index (χ1v) is 9.30. The maximum absolute atomic E-state index is 12.5.